The third kappa shape index (κ3) is 5.10. The second-order valence-electron chi connectivity index (χ2n) is 3.86. The highest BCUT2D eigenvalue weighted by Crippen LogP contribution is 2.54. The van der Waals surface area contributed by atoms with Gasteiger partial charge >= 0.3 is 26.1 Å². The Labute approximate surface area is 117 Å². The first-order chi connectivity index (χ1) is 9.31. The number of rotatable bonds is 6. The lowest BCUT2D eigenvalue weighted by Gasteiger charge is -2.36. The minimum atomic E-state index is -5.42. The van der Waals surface area contributed by atoms with E-state index in [0.29, 0.717) is 6.92 Å². The predicted octanol–water partition coefficient (Wildman–Crippen LogP) is 0.721. The Morgan fingerprint density at radius 1 is 1.00 bits per heavy atom. The summed E-state index contributed by atoms with van der Waals surface area (Å²) in [6.07, 6.45) is -10.1. The van der Waals surface area contributed by atoms with E-state index in [1.165, 1.54) is 0 Å². The van der Waals surface area contributed by atoms with Gasteiger partial charge in [-0.05, 0) is 13.8 Å². The Hall–Kier alpha value is -2.04. The smallest absolute Gasteiger partial charge is 0.450 e. The molecule has 3 atom stereocenters. The van der Waals surface area contributed by atoms with Crippen molar-refractivity contribution in [3.8, 4) is 0 Å². The number of carboxylic acid groups (broad SMARTS) is 3. The number of carbonyl (C=O) groups is 3. The summed E-state index contributed by atoms with van der Waals surface area (Å²) in [5.41, 5.74) is 0. The first-order valence-corrected chi connectivity index (χ1v) is 6.69. The second kappa shape index (κ2) is 6.61. The van der Waals surface area contributed by atoms with Gasteiger partial charge in [-0.2, -0.15) is 0 Å². The van der Waals surface area contributed by atoms with Crippen LogP contribution < -0.4 is 0 Å². The SMILES string of the molecule is CC(OC(=O)O)C(OC(=O)O)C(C)(OC(=O)O)P(=O)(O)O. The van der Waals surface area contributed by atoms with Crippen molar-refractivity contribution < 1.29 is 58.3 Å². The number of ether oxygens (including phenoxy) is 3. The number of hydrogen-bond donors (Lipinski definition) is 5. The molecule has 0 bridgehead atoms. The molecule has 0 saturated carbocycles. The Balaban J connectivity index is 5.78. The first-order valence-electron chi connectivity index (χ1n) is 5.08. The minimum Gasteiger partial charge on any atom is -0.450 e. The van der Waals surface area contributed by atoms with Crippen molar-refractivity contribution in [2.45, 2.75) is 31.4 Å². The fourth-order valence-corrected chi connectivity index (χ4v) is 2.22. The van der Waals surface area contributed by atoms with Crippen molar-refractivity contribution in [2.24, 2.45) is 0 Å². The fourth-order valence-electron chi connectivity index (χ4n) is 1.43. The third-order valence-electron chi connectivity index (χ3n) is 2.34. The topological polar surface area (TPSA) is 197 Å². The summed E-state index contributed by atoms with van der Waals surface area (Å²) < 4.78 is 23.8. The van der Waals surface area contributed by atoms with E-state index in [1.807, 2.05) is 0 Å². The average Bonchev–Trinajstić information content (AvgIpc) is 2.21. The molecule has 0 aromatic heterocycles. The molecule has 0 aromatic carbocycles. The second-order valence-corrected chi connectivity index (χ2v) is 5.84. The van der Waals surface area contributed by atoms with Gasteiger partial charge < -0.3 is 39.3 Å². The summed E-state index contributed by atoms with van der Waals surface area (Å²) in [6, 6.07) is 0. The van der Waals surface area contributed by atoms with Gasteiger partial charge in [-0.3, -0.25) is 4.57 Å². The molecule has 122 valence electrons. The molecule has 0 fully saturated rings. The van der Waals surface area contributed by atoms with Gasteiger partial charge in [0.2, 0.25) is 0 Å². The standard InChI is InChI=1S/C8H13O12P/c1-3(18-5(9)10)4(19-6(11)12)8(2,20-7(13)14)21(15,16)17/h3-4H,1-2H3,(H,9,10)(H,11,12)(H,13,14)(H2,15,16,17). The fraction of sp³-hybridized carbons (Fsp3) is 0.625. The highest BCUT2D eigenvalue weighted by Gasteiger charge is 2.58. The van der Waals surface area contributed by atoms with E-state index >= 15 is 0 Å². The monoisotopic (exact) mass is 332 g/mol. The summed E-state index contributed by atoms with van der Waals surface area (Å²) in [5, 5.41) is 22.5. The minimum absolute atomic E-state index is 0.553. The molecule has 0 radical (unpaired) electrons. The van der Waals surface area contributed by atoms with Crippen molar-refractivity contribution in [2.75, 3.05) is 0 Å². The van der Waals surface area contributed by atoms with Crippen LogP contribution >= 0.6 is 7.60 Å². The summed E-state index contributed by atoms with van der Waals surface area (Å²) in [6.45, 7) is 1.46. The Kier molecular flexibility index (Phi) is 5.97. The summed E-state index contributed by atoms with van der Waals surface area (Å²) in [5.74, 6) is 0. The normalized spacial score (nSPS) is 17.0. The van der Waals surface area contributed by atoms with E-state index in [1.54, 1.807) is 0 Å². The first kappa shape index (κ1) is 19.0. The van der Waals surface area contributed by atoms with E-state index in [-0.39, 0.29) is 0 Å². The van der Waals surface area contributed by atoms with Crippen LogP contribution in [-0.2, 0) is 18.8 Å². The molecule has 13 heteroatoms. The van der Waals surface area contributed by atoms with Crippen LogP contribution in [0.1, 0.15) is 13.8 Å². The van der Waals surface area contributed by atoms with E-state index < -0.39 is 43.6 Å². The highest BCUT2D eigenvalue weighted by molar-refractivity contribution is 7.53. The molecule has 0 aliphatic carbocycles. The molecule has 5 N–H and O–H groups in total. The molecular formula is C8H13O12P. The maximum Gasteiger partial charge on any atom is 0.507 e. The molecule has 0 spiro atoms. The van der Waals surface area contributed by atoms with Crippen LogP contribution in [0.15, 0.2) is 0 Å². The van der Waals surface area contributed by atoms with Crippen molar-refractivity contribution in [1.82, 2.24) is 0 Å². The summed E-state index contributed by atoms with van der Waals surface area (Å²) >= 11 is 0. The predicted molar refractivity (Wildman–Crippen MR) is 61.0 cm³/mol. The molecule has 0 aliphatic rings. The summed E-state index contributed by atoms with van der Waals surface area (Å²) in [7, 11) is -5.42. The van der Waals surface area contributed by atoms with E-state index in [0.717, 1.165) is 6.92 Å². The van der Waals surface area contributed by atoms with Gasteiger partial charge in [-0.1, -0.05) is 0 Å². The molecule has 0 amide bonds. The van der Waals surface area contributed by atoms with Gasteiger partial charge in [0.05, 0.1) is 0 Å². The van der Waals surface area contributed by atoms with Crippen LogP contribution in [0.2, 0.25) is 0 Å². The highest BCUT2D eigenvalue weighted by atomic mass is 31.2. The van der Waals surface area contributed by atoms with E-state index in [9.17, 15) is 28.7 Å². The Morgan fingerprint density at radius 3 is 1.71 bits per heavy atom. The van der Waals surface area contributed by atoms with Crippen LogP contribution in [0.5, 0.6) is 0 Å². The van der Waals surface area contributed by atoms with Gasteiger partial charge in [-0.15, -0.1) is 0 Å². The van der Waals surface area contributed by atoms with E-state index in [4.69, 9.17) is 15.3 Å². The van der Waals surface area contributed by atoms with E-state index in [2.05, 4.69) is 14.2 Å². The quantitative estimate of drug-likeness (QED) is 0.260. The third-order valence-corrected chi connectivity index (χ3v) is 3.84. The van der Waals surface area contributed by atoms with Gasteiger partial charge in [0.15, 0.2) is 6.10 Å². The van der Waals surface area contributed by atoms with Crippen molar-refractivity contribution in [3.05, 3.63) is 0 Å². The van der Waals surface area contributed by atoms with Gasteiger partial charge in [0, 0.05) is 0 Å². The van der Waals surface area contributed by atoms with Gasteiger partial charge in [-0.25, -0.2) is 14.4 Å². The van der Waals surface area contributed by atoms with Crippen molar-refractivity contribution in [1.29, 1.82) is 0 Å². The van der Waals surface area contributed by atoms with Crippen LogP contribution in [-0.4, -0.2) is 61.1 Å². The number of hydrogen-bond acceptors (Lipinski definition) is 7. The molecule has 0 saturated heterocycles. The van der Waals surface area contributed by atoms with Gasteiger partial charge in [0.1, 0.15) is 6.10 Å². The molecule has 0 rings (SSSR count). The summed E-state index contributed by atoms with van der Waals surface area (Å²) in [4.78, 5) is 50.0. The van der Waals surface area contributed by atoms with Crippen LogP contribution in [0.4, 0.5) is 14.4 Å². The zero-order valence-corrected chi connectivity index (χ0v) is 11.6. The molecule has 12 nitrogen and oxygen atoms in total. The zero-order chi connectivity index (χ0) is 17.0. The molecule has 0 aliphatic heterocycles. The van der Waals surface area contributed by atoms with Crippen LogP contribution in [0, 0.1) is 0 Å². The largest absolute Gasteiger partial charge is 0.507 e. The average molecular weight is 332 g/mol. The van der Waals surface area contributed by atoms with Crippen molar-refractivity contribution >= 4 is 26.1 Å². The lowest BCUT2D eigenvalue weighted by molar-refractivity contribution is -0.111. The lowest BCUT2D eigenvalue weighted by Crippen LogP contribution is -2.52. The Morgan fingerprint density at radius 2 is 1.43 bits per heavy atom. The maximum absolute atomic E-state index is 11.4. The Bertz CT molecular complexity index is 468. The molecule has 3 unspecified atom stereocenters. The molecular weight excluding hydrogens is 319 g/mol. The lowest BCUT2D eigenvalue weighted by atomic mass is 10.1. The van der Waals surface area contributed by atoms with Crippen LogP contribution in [0.3, 0.4) is 0 Å². The molecule has 0 aromatic rings. The van der Waals surface area contributed by atoms with Gasteiger partial charge in [0.25, 0.3) is 5.34 Å². The van der Waals surface area contributed by atoms with Crippen molar-refractivity contribution in [3.63, 3.8) is 0 Å². The maximum atomic E-state index is 11.4. The molecule has 0 heterocycles. The zero-order valence-electron chi connectivity index (χ0n) is 10.7. The molecule has 21 heavy (non-hydrogen) atoms. The van der Waals surface area contributed by atoms with Crippen LogP contribution in [0.25, 0.3) is 0 Å².